The number of ether oxygens (including phenoxy) is 1. The summed E-state index contributed by atoms with van der Waals surface area (Å²) in [5, 5.41) is 5.76. The lowest BCUT2D eigenvalue weighted by Crippen LogP contribution is -2.13. The van der Waals surface area contributed by atoms with Gasteiger partial charge in [0.1, 0.15) is 18.7 Å². The van der Waals surface area contributed by atoms with Crippen molar-refractivity contribution in [3.05, 3.63) is 102 Å². The van der Waals surface area contributed by atoms with Crippen molar-refractivity contribution in [3.63, 3.8) is 0 Å². The van der Waals surface area contributed by atoms with E-state index in [0.29, 0.717) is 19.7 Å². The summed E-state index contributed by atoms with van der Waals surface area (Å²) >= 11 is 0. The molecule has 0 unspecified atom stereocenters. The van der Waals surface area contributed by atoms with Crippen molar-refractivity contribution >= 4 is 6.34 Å². The van der Waals surface area contributed by atoms with Crippen LogP contribution < -0.4 is 16.2 Å². The molecule has 29 heavy (non-hydrogen) atoms. The van der Waals surface area contributed by atoms with E-state index in [1.165, 1.54) is 6.34 Å². The minimum atomic E-state index is 0.458. The molecule has 0 atom stereocenters. The molecule has 148 valence electrons. The van der Waals surface area contributed by atoms with Crippen LogP contribution in [0.3, 0.4) is 0 Å². The van der Waals surface area contributed by atoms with Gasteiger partial charge in [0.2, 0.25) is 0 Å². The molecule has 3 aromatic rings. The van der Waals surface area contributed by atoms with Crippen LogP contribution in [0.15, 0.2) is 90.7 Å². The van der Waals surface area contributed by atoms with Crippen LogP contribution in [0.5, 0.6) is 5.75 Å². The van der Waals surface area contributed by atoms with Gasteiger partial charge in [-0.3, -0.25) is 5.01 Å². The summed E-state index contributed by atoms with van der Waals surface area (Å²) in [7, 11) is 0. The third-order valence-corrected chi connectivity index (χ3v) is 4.62. The first kappa shape index (κ1) is 20.2. The lowest BCUT2D eigenvalue weighted by molar-refractivity contribution is 0.306. The van der Waals surface area contributed by atoms with E-state index < -0.39 is 0 Å². The molecule has 0 amide bonds. The number of hydrazone groups is 1. The van der Waals surface area contributed by atoms with E-state index >= 15 is 0 Å². The summed E-state index contributed by atoms with van der Waals surface area (Å²) in [6.45, 7) is 5.33. The third-order valence-electron chi connectivity index (χ3n) is 4.62. The van der Waals surface area contributed by atoms with E-state index in [2.05, 4.69) is 54.1 Å². The topological polar surface area (TPSA) is 76.9 Å². The Morgan fingerprint density at radius 1 is 0.931 bits per heavy atom. The smallest absolute Gasteiger partial charge is 0.119 e. The van der Waals surface area contributed by atoms with Crippen molar-refractivity contribution in [2.45, 2.75) is 19.7 Å². The Balaban J connectivity index is 1.75. The minimum Gasteiger partial charge on any atom is -0.489 e. The number of hydrogen-bond donors (Lipinski definition) is 2. The summed E-state index contributed by atoms with van der Waals surface area (Å²) in [6, 6.07) is 24.5. The Kier molecular flexibility index (Phi) is 7.03. The van der Waals surface area contributed by atoms with Crippen molar-refractivity contribution in [1.82, 2.24) is 5.01 Å². The molecule has 0 bridgehead atoms. The van der Waals surface area contributed by atoms with Crippen LogP contribution in [0.25, 0.3) is 11.1 Å². The van der Waals surface area contributed by atoms with Crippen LogP contribution >= 0.6 is 0 Å². The van der Waals surface area contributed by atoms with Gasteiger partial charge in [-0.2, -0.15) is 5.10 Å². The van der Waals surface area contributed by atoms with Gasteiger partial charge in [-0.05, 0) is 46.0 Å². The van der Waals surface area contributed by atoms with Gasteiger partial charge in [0, 0.05) is 12.7 Å². The zero-order valence-corrected chi connectivity index (χ0v) is 16.4. The highest BCUT2D eigenvalue weighted by Gasteiger charge is 2.08. The van der Waals surface area contributed by atoms with Crippen molar-refractivity contribution < 1.29 is 4.74 Å². The average Bonchev–Trinajstić information content (AvgIpc) is 2.78. The number of nitrogens with zero attached hydrogens (tertiary/aromatic N) is 2. The molecule has 4 N–H and O–H groups in total. The zero-order chi connectivity index (χ0) is 20.5. The van der Waals surface area contributed by atoms with Gasteiger partial charge in [-0.1, -0.05) is 61.2 Å². The van der Waals surface area contributed by atoms with Crippen LogP contribution in [0.1, 0.15) is 16.7 Å². The highest BCUT2D eigenvalue weighted by Crippen LogP contribution is 2.26. The largest absolute Gasteiger partial charge is 0.489 e. The average molecular weight is 386 g/mol. The zero-order valence-electron chi connectivity index (χ0n) is 16.4. The monoisotopic (exact) mass is 386 g/mol. The van der Waals surface area contributed by atoms with E-state index in [-0.39, 0.29) is 0 Å². The first-order valence-electron chi connectivity index (χ1n) is 9.46. The first-order valence-corrected chi connectivity index (χ1v) is 9.46. The molecule has 3 rings (SSSR count). The fourth-order valence-corrected chi connectivity index (χ4v) is 3.05. The van der Waals surface area contributed by atoms with Gasteiger partial charge in [0.15, 0.2) is 0 Å². The number of nitrogens with two attached hydrogens (primary N) is 2. The number of benzene rings is 3. The maximum absolute atomic E-state index is 5.91. The van der Waals surface area contributed by atoms with Gasteiger partial charge in [0.25, 0.3) is 0 Å². The second-order valence-corrected chi connectivity index (χ2v) is 6.53. The Morgan fingerprint density at radius 3 is 2.31 bits per heavy atom. The molecule has 0 fully saturated rings. The lowest BCUT2D eigenvalue weighted by atomic mass is 9.99. The fourth-order valence-electron chi connectivity index (χ4n) is 3.05. The van der Waals surface area contributed by atoms with Crippen molar-refractivity contribution in [2.24, 2.45) is 16.6 Å². The molecule has 5 heteroatoms. The fraction of sp³-hybridized carbons (Fsp3) is 0.125. The van der Waals surface area contributed by atoms with Gasteiger partial charge >= 0.3 is 0 Å². The van der Waals surface area contributed by atoms with Crippen LogP contribution in [0.2, 0.25) is 0 Å². The molecular formula is C24H26N4O. The number of rotatable bonds is 9. The normalized spacial score (nSPS) is 10.8. The van der Waals surface area contributed by atoms with Gasteiger partial charge < -0.3 is 16.2 Å². The molecule has 0 saturated carbocycles. The van der Waals surface area contributed by atoms with Gasteiger partial charge in [0.05, 0.1) is 6.54 Å². The summed E-state index contributed by atoms with van der Waals surface area (Å²) < 4.78 is 5.88. The molecule has 0 radical (unpaired) electrons. The SMILES string of the molecule is C=CN(Cc1cc(-c2ccc(OCc3ccccc3)cc2)ccc1CN)/N=C\N. The molecule has 0 heterocycles. The van der Waals surface area contributed by atoms with Gasteiger partial charge in [-0.25, -0.2) is 0 Å². The first-order chi connectivity index (χ1) is 14.2. The standard InChI is InChI=1S/C24H26N4O/c1-2-28(27-18-26)16-23-14-21(8-9-22(23)15-25)20-10-12-24(13-11-20)29-17-19-6-4-3-5-7-19/h2-14,18H,1,15-17,25H2,(H2,26,27). The second kappa shape index (κ2) is 10.1. The molecule has 0 aliphatic rings. The highest BCUT2D eigenvalue weighted by molar-refractivity contribution is 5.65. The van der Waals surface area contributed by atoms with Crippen molar-refractivity contribution in [1.29, 1.82) is 0 Å². The van der Waals surface area contributed by atoms with Crippen molar-refractivity contribution in [3.8, 4) is 16.9 Å². The van der Waals surface area contributed by atoms with E-state index in [9.17, 15) is 0 Å². The van der Waals surface area contributed by atoms with Crippen LogP contribution in [-0.2, 0) is 19.7 Å². The molecule has 3 aromatic carbocycles. The Hall–Kier alpha value is -3.57. The Bertz CT molecular complexity index is 952. The molecular weight excluding hydrogens is 360 g/mol. The predicted molar refractivity (Wildman–Crippen MR) is 119 cm³/mol. The summed E-state index contributed by atoms with van der Waals surface area (Å²) in [5.41, 5.74) is 16.8. The summed E-state index contributed by atoms with van der Waals surface area (Å²) in [5.74, 6) is 0.839. The summed E-state index contributed by atoms with van der Waals surface area (Å²) in [4.78, 5) is 0. The van der Waals surface area contributed by atoms with Crippen LogP contribution in [0, 0.1) is 0 Å². The molecule has 0 aliphatic heterocycles. The third kappa shape index (κ3) is 5.46. The van der Waals surface area contributed by atoms with E-state index in [0.717, 1.165) is 33.6 Å². The highest BCUT2D eigenvalue weighted by atomic mass is 16.5. The second-order valence-electron chi connectivity index (χ2n) is 6.53. The predicted octanol–water partition coefficient (Wildman–Crippen LogP) is 4.24. The van der Waals surface area contributed by atoms with Gasteiger partial charge in [-0.15, -0.1) is 0 Å². The maximum atomic E-state index is 5.91. The van der Waals surface area contributed by atoms with Crippen LogP contribution in [-0.4, -0.2) is 11.3 Å². The maximum Gasteiger partial charge on any atom is 0.119 e. The van der Waals surface area contributed by atoms with Crippen LogP contribution in [0.4, 0.5) is 0 Å². The van der Waals surface area contributed by atoms with E-state index in [1.807, 2.05) is 30.3 Å². The molecule has 0 spiro atoms. The van der Waals surface area contributed by atoms with E-state index in [4.69, 9.17) is 16.2 Å². The lowest BCUT2D eigenvalue weighted by Gasteiger charge is -2.17. The van der Waals surface area contributed by atoms with E-state index in [1.54, 1.807) is 11.2 Å². The molecule has 0 saturated heterocycles. The summed E-state index contributed by atoms with van der Waals surface area (Å²) in [6.07, 6.45) is 2.89. The Labute approximate surface area is 171 Å². The minimum absolute atomic E-state index is 0.458. The van der Waals surface area contributed by atoms with Crippen molar-refractivity contribution in [2.75, 3.05) is 0 Å². The quantitative estimate of drug-likeness (QED) is 0.328. The molecule has 0 aliphatic carbocycles. The molecule has 0 aromatic heterocycles. The number of hydrogen-bond acceptors (Lipinski definition) is 4. The Morgan fingerprint density at radius 2 is 1.66 bits per heavy atom. The molecule has 5 nitrogen and oxygen atoms in total.